The van der Waals surface area contributed by atoms with Crippen molar-refractivity contribution in [1.29, 1.82) is 0 Å². The molecular weight excluding hydrogens is 142 g/mol. The van der Waals surface area contributed by atoms with Crippen LogP contribution in [-0.4, -0.2) is 25.5 Å². The van der Waals surface area contributed by atoms with Crippen molar-refractivity contribution in [3.63, 3.8) is 0 Å². The maximum atomic E-state index is 10.8. The maximum Gasteiger partial charge on any atom is 0.221 e. The molecule has 4 heteroatoms. The van der Waals surface area contributed by atoms with Crippen molar-refractivity contribution < 1.29 is 4.79 Å². The summed E-state index contributed by atoms with van der Waals surface area (Å²) in [6.07, 6.45) is 2.33. The molecule has 0 rings (SSSR count). The van der Waals surface area contributed by atoms with Gasteiger partial charge in [0.15, 0.2) is 0 Å². The molecular formula is C7H17N3O. The van der Waals surface area contributed by atoms with Crippen molar-refractivity contribution in [3.05, 3.63) is 0 Å². The quantitative estimate of drug-likeness (QED) is 0.443. The van der Waals surface area contributed by atoms with Crippen LogP contribution in [0.2, 0.25) is 0 Å². The van der Waals surface area contributed by atoms with E-state index in [1.54, 1.807) is 0 Å². The van der Waals surface area contributed by atoms with Crippen LogP contribution in [0.4, 0.5) is 0 Å². The van der Waals surface area contributed by atoms with Gasteiger partial charge in [0.05, 0.1) is 0 Å². The minimum Gasteiger partial charge on any atom is -0.356 e. The Labute approximate surface area is 67.3 Å². The second-order valence-electron chi connectivity index (χ2n) is 2.38. The number of hydrogen-bond acceptors (Lipinski definition) is 3. The first kappa shape index (κ1) is 10.4. The van der Waals surface area contributed by atoms with Gasteiger partial charge in [0, 0.05) is 19.5 Å². The van der Waals surface area contributed by atoms with Gasteiger partial charge < -0.3 is 16.8 Å². The van der Waals surface area contributed by atoms with Crippen molar-refractivity contribution in [2.75, 3.05) is 19.6 Å². The van der Waals surface area contributed by atoms with Crippen LogP contribution in [0, 0.1) is 0 Å². The first-order valence-electron chi connectivity index (χ1n) is 3.98. The van der Waals surface area contributed by atoms with Crippen LogP contribution in [0.3, 0.4) is 0 Å². The molecule has 1 amide bonds. The maximum absolute atomic E-state index is 10.8. The van der Waals surface area contributed by atoms with Crippen molar-refractivity contribution in [1.82, 2.24) is 5.32 Å². The topological polar surface area (TPSA) is 81.1 Å². The molecule has 0 bridgehead atoms. The molecule has 0 aliphatic rings. The average molecular weight is 159 g/mol. The third kappa shape index (κ3) is 7.29. The lowest BCUT2D eigenvalue weighted by atomic mass is 10.3. The van der Waals surface area contributed by atoms with Crippen LogP contribution < -0.4 is 16.8 Å². The Morgan fingerprint density at radius 1 is 1.18 bits per heavy atom. The standard InChI is InChI=1S/C7H17N3O/c8-4-1-2-6-10-7(11)3-5-9/h1-6,8-9H2,(H,10,11). The highest BCUT2D eigenvalue weighted by Gasteiger charge is 1.96. The number of amides is 1. The fraction of sp³-hybridized carbons (Fsp3) is 0.857. The molecule has 0 saturated heterocycles. The predicted molar refractivity (Wildman–Crippen MR) is 45.0 cm³/mol. The Bertz CT molecular complexity index is 106. The van der Waals surface area contributed by atoms with Crippen molar-refractivity contribution in [2.24, 2.45) is 11.5 Å². The summed E-state index contributed by atoms with van der Waals surface area (Å²) in [5.74, 6) is 0.0320. The number of nitrogens with one attached hydrogen (secondary N) is 1. The molecule has 66 valence electrons. The molecule has 0 aromatic heterocycles. The van der Waals surface area contributed by atoms with Gasteiger partial charge >= 0.3 is 0 Å². The molecule has 0 aliphatic carbocycles. The van der Waals surface area contributed by atoms with Crippen molar-refractivity contribution in [3.8, 4) is 0 Å². The zero-order valence-corrected chi connectivity index (χ0v) is 6.81. The molecule has 0 aromatic carbocycles. The fourth-order valence-corrected chi connectivity index (χ4v) is 0.717. The van der Waals surface area contributed by atoms with Gasteiger partial charge in [-0.05, 0) is 19.4 Å². The van der Waals surface area contributed by atoms with E-state index in [-0.39, 0.29) is 5.91 Å². The summed E-state index contributed by atoms with van der Waals surface area (Å²) in [7, 11) is 0. The third-order valence-corrected chi connectivity index (χ3v) is 1.32. The Balaban J connectivity index is 3.04. The minimum absolute atomic E-state index is 0.0320. The predicted octanol–water partition coefficient (Wildman–Crippen LogP) is -0.810. The van der Waals surface area contributed by atoms with E-state index < -0.39 is 0 Å². The van der Waals surface area contributed by atoms with Crippen LogP contribution in [0.5, 0.6) is 0 Å². The molecule has 11 heavy (non-hydrogen) atoms. The SMILES string of the molecule is NCCCCNC(=O)CCN. The van der Waals surface area contributed by atoms with Gasteiger partial charge in [-0.25, -0.2) is 0 Å². The average Bonchev–Trinajstić information content (AvgIpc) is 1.99. The fourth-order valence-electron chi connectivity index (χ4n) is 0.717. The van der Waals surface area contributed by atoms with Gasteiger partial charge in [0.2, 0.25) is 5.91 Å². The van der Waals surface area contributed by atoms with Crippen molar-refractivity contribution in [2.45, 2.75) is 19.3 Å². The Hall–Kier alpha value is -0.610. The number of nitrogens with two attached hydrogens (primary N) is 2. The summed E-state index contributed by atoms with van der Waals surface area (Å²) >= 11 is 0. The van der Waals surface area contributed by atoms with E-state index in [4.69, 9.17) is 11.5 Å². The first-order chi connectivity index (χ1) is 5.31. The summed E-state index contributed by atoms with van der Waals surface area (Å²) in [5, 5.41) is 2.74. The van der Waals surface area contributed by atoms with Crippen LogP contribution in [-0.2, 0) is 4.79 Å². The zero-order chi connectivity index (χ0) is 8.53. The van der Waals surface area contributed by atoms with Gasteiger partial charge in [-0.1, -0.05) is 0 Å². The summed E-state index contributed by atoms with van der Waals surface area (Å²) in [6, 6.07) is 0. The molecule has 0 aromatic rings. The summed E-state index contributed by atoms with van der Waals surface area (Å²) in [6.45, 7) is 1.82. The molecule has 0 atom stereocenters. The highest BCUT2D eigenvalue weighted by atomic mass is 16.1. The molecule has 4 nitrogen and oxygen atoms in total. The lowest BCUT2D eigenvalue weighted by Gasteiger charge is -2.02. The smallest absolute Gasteiger partial charge is 0.221 e. The van der Waals surface area contributed by atoms with E-state index >= 15 is 0 Å². The molecule has 0 fully saturated rings. The van der Waals surface area contributed by atoms with E-state index in [0.717, 1.165) is 19.4 Å². The van der Waals surface area contributed by atoms with Crippen LogP contribution in [0.25, 0.3) is 0 Å². The number of hydrogen-bond donors (Lipinski definition) is 3. The molecule has 0 heterocycles. The van der Waals surface area contributed by atoms with Gasteiger partial charge in [-0.2, -0.15) is 0 Å². The van der Waals surface area contributed by atoms with Crippen LogP contribution in [0.1, 0.15) is 19.3 Å². The zero-order valence-electron chi connectivity index (χ0n) is 6.81. The minimum atomic E-state index is 0.0320. The molecule has 0 radical (unpaired) electrons. The molecule has 0 unspecified atom stereocenters. The molecule has 5 N–H and O–H groups in total. The Morgan fingerprint density at radius 2 is 1.91 bits per heavy atom. The lowest BCUT2D eigenvalue weighted by molar-refractivity contribution is -0.120. The van der Waals surface area contributed by atoms with Gasteiger partial charge in [-0.15, -0.1) is 0 Å². The summed E-state index contributed by atoms with van der Waals surface area (Å²) in [4.78, 5) is 10.8. The Morgan fingerprint density at radius 3 is 2.45 bits per heavy atom. The van der Waals surface area contributed by atoms with Gasteiger partial charge in [0.25, 0.3) is 0 Å². The van der Waals surface area contributed by atoms with Crippen molar-refractivity contribution >= 4 is 5.91 Å². The normalized spacial score (nSPS) is 9.64. The van der Waals surface area contributed by atoms with E-state index in [1.165, 1.54) is 0 Å². The lowest BCUT2D eigenvalue weighted by Crippen LogP contribution is -2.26. The second kappa shape index (κ2) is 7.50. The highest BCUT2D eigenvalue weighted by Crippen LogP contribution is 1.83. The largest absolute Gasteiger partial charge is 0.356 e. The first-order valence-corrected chi connectivity index (χ1v) is 3.98. The summed E-state index contributed by atoms with van der Waals surface area (Å²) < 4.78 is 0. The van der Waals surface area contributed by atoms with Gasteiger partial charge in [0.1, 0.15) is 0 Å². The number of rotatable bonds is 6. The molecule has 0 aliphatic heterocycles. The molecule has 0 saturated carbocycles. The summed E-state index contributed by atoms with van der Waals surface area (Å²) in [5.41, 5.74) is 10.5. The Kier molecular flexibility index (Phi) is 7.08. The number of unbranched alkanes of at least 4 members (excludes halogenated alkanes) is 1. The third-order valence-electron chi connectivity index (χ3n) is 1.32. The van der Waals surface area contributed by atoms with Crippen LogP contribution in [0.15, 0.2) is 0 Å². The van der Waals surface area contributed by atoms with Crippen LogP contribution >= 0.6 is 0 Å². The monoisotopic (exact) mass is 159 g/mol. The number of carbonyl (C=O) groups excluding carboxylic acids is 1. The van der Waals surface area contributed by atoms with E-state index in [9.17, 15) is 4.79 Å². The van der Waals surface area contributed by atoms with E-state index in [2.05, 4.69) is 5.32 Å². The molecule has 0 spiro atoms. The van der Waals surface area contributed by atoms with Gasteiger partial charge in [-0.3, -0.25) is 4.79 Å². The van der Waals surface area contributed by atoms with E-state index in [1.807, 2.05) is 0 Å². The second-order valence-corrected chi connectivity index (χ2v) is 2.38. The van der Waals surface area contributed by atoms with E-state index in [0.29, 0.717) is 19.5 Å². The number of carbonyl (C=O) groups is 1. The highest BCUT2D eigenvalue weighted by molar-refractivity contribution is 5.75.